The van der Waals surface area contributed by atoms with E-state index in [-0.39, 0.29) is 5.91 Å². The summed E-state index contributed by atoms with van der Waals surface area (Å²) in [5.74, 6) is 1.03. The summed E-state index contributed by atoms with van der Waals surface area (Å²) in [6, 6.07) is 23.0. The molecule has 192 valence electrons. The van der Waals surface area contributed by atoms with Crippen LogP contribution in [0.3, 0.4) is 0 Å². The quantitative estimate of drug-likeness (QED) is 0.261. The number of piperazine rings is 1. The lowest BCUT2D eigenvalue weighted by Crippen LogP contribution is -2.47. The van der Waals surface area contributed by atoms with Gasteiger partial charge in [-0.25, -0.2) is 4.98 Å². The number of imidazole rings is 1. The molecular weight excluding hydrogens is 538 g/mol. The molecule has 0 atom stereocenters. The molecule has 0 saturated carbocycles. The number of aromatic nitrogens is 3. The smallest absolute Gasteiger partial charge is 0.256 e. The monoisotopic (exact) mass is 567 g/mol. The second-order valence-corrected chi connectivity index (χ2v) is 10.9. The number of rotatable bonds is 5. The van der Waals surface area contributed by atoms with Crippen LogP contribution < -0.4 is 0 Å². The number of fused-ring (bicyclic) bond motifs is 1. The SMILES string of the molecule is Cc1c(C(=O)N2CCN(C)CC2)c(-c2cccc3ccccc23)cn1-c1cncn1Cc1ccc(Br)cc1. The molecule has 0 aliphatic carbocycles. The Balaban J connectivity index is 1.49. The van der Waals surface area contributed by atoms with Gasteiger partial charge in [0.05, 0.1) is 24.6 Å². The molecule has 5 aromatic rings. The number of carbonyl (C=O) groups is 1. The van der Waals surface area contributed by atoms with Crippen LogP contribution in [-0.2, 0) is 6.54 Å². The molecule has 0 unspecified atom stereocenters. The Labute approximate surface area is 231 Å². The molecular formula is C31H30BrN5O. The molecule has 3 heterocycles. The van der Waals surface area contributed by atoms with Gasteiger partial charge < -0.3 is 18.9 Å². The minimum atomic E-state index is 0.0938. The van der Waals surface area contributed by atoms with E-state index in [0.29, 0.717) is 6.54 Å². The normalized spacial score (nSPS) is 14.3. The lowest BCUT2D eigenvalue weighted by atomic mass is 9.96. The molecule has 0 radical (unpaired) electrons. The first-order chi connectivity index (χ1) is 18.5. The number of amides is 1. The van der Waals surface area contributed by atoms with E-state index in [9.17, 15) is 4.79 Å². The first-order valence-corrected chi connectivity index (χ1v) is 13.7. The van der Waals surface area contributed by atoms with Crippen LogP contribution in [0.15, 0.2) is 89.9 Å². The molecule has 1 saturated heterocycles. The minimum absolute atomic E-state index is 0.0938. The summed E-state index contributed by atoms with van der Waals surface area (Å²) in [6.45, 7) is 5.97. The van der Waals surface area contributed by atoms with E-state index in [1.807, 2.05) is 17.4 Å². The fourth-order valence-electron chi connectivity index (χ4n) is 5.37. The Morgan fingerprint density at radius 3 is 2.45 bits per heavy atom. The van der Waals surface area contributed by atoms with E-state index in [2.05, 4.69) is 122 Å². The van der Waals surface area contributed by atoms with Gasteiger partial charge in [-0.2, -0.15) is 0 Å². The molecule has 1 aliphatic heterocycles. The van der Waals surface area contributed by atoms with Crippen molar-refractivity contribution in [3.05, 3.63) is 107 Å². The van der Waals surface area contributed by atoms with Crippen molar-refractivity contribution < 1.29 is 4.79 Å². The van der Waals surface area contributed by atoms with E-state index in [0.717, 1.165) is 69.6 Å². The number of likely N-dealkylation sites (N-methyl/N-ethyl adjacent to an activating group) is 1. The summed E-state index contributed by atoms with van der Waals surface area (Å²) in [6.07, 6.45) is 5.86. The van der Waals surface area contributed by atoms with Gasteiger partial charge >= 0.3 is 0 Å². The van der Waals surface area contributed by atoms with Crippen molar-refractivity contribution in [3.63, 3.8) is 0 Å². The van der Waals surface area contributed by atoms with Crippen molar-refractivity contribution >= 4 is 32.6 Å². The topological polar surface area (TPSA) is 46.3 Å². The summed E-state index contributed by atoms with van der Waals surface area (Å²) in [5, 5.41) is 2.30. The third kappa shape index (κ3) is 4.57. The molecule has 2 aromatic heterocycles. The first-order valence-electron chi connectivity index (χ1n) is 12.9. The maximum absolute atomic E-state index is 14.1. The average Bonchev–Trinajstić information content (AvgIpc) is 3.53. The lowest BCUT2D eigenvalue weighted by Gasteiger charge is -2.32. The lowest BCUT2D eigenvalue weighted by molar-refractivity contribution is 0.0664. The molecule has 6 rings (SSSR count). The fraction of sp³-hybridized carbons (Fsp3) is 0.226. The van der Waals surface area contributed by atoms with Crippen molar-refractivity contribution in [2.24, 2.45) is 0 Å². The van der Waals surface area contributed by atoms with Gasteiger partial charge in [-0.05, 0) is 48.0 Å². The van der Waals surface area contributed by atoms with Gasteiger partial charge in [-0.3, -0.25) is 4.79 Å². The van der Waals surface area contributed by atoms with Crippen LogP contribution in [0.4, 0.5) is 0 Å². The highest BCUT2D eigenvalue weighted by Gasteiger charge is 2.28. The number of benzene rings is 3. The molecule has 0 bridgehead atoms. The Bertz CT molecular complexity index is 1600. The van der Waals surface area contributed by atoms with E-state index in [1.54, 1.807) is 0 Å². The van der Waals surface area contributed by atoms with E-state index < -0.39 is 0 Å². The molecule has 3 aromatic carbocycles. The average molecular weight is 569 g/mol. The molecule has 7 heteroatoms. The van der Waals surface area contributed by atoms with Gasteiger partial charge in [0.1, 0.15) is 5.82 Å². The summed E-state index contributed by atoms with van der Waals surface area (Å²) < 4.78 is 5.32. The second kappa shape index (κ2) is 10.2. The van der Waals surface area contributed by atoms with Crippen molar-refractivity contribution in [3.8, 4) is 16.9 Å². The maximum atomic E-state index is 14.1. The van der Waals surface area contributed by atoms with Crippen LogP contribution >= 0.6 is 15.9 Å². The Hall–Kier alpha value is -3.68. The molecule has 0 N–H and O–H groups in total. The highest BCUT2D eigenvalue weighted by molar-refractivity contribution is 9.10. The molecule has 6 nitrogen and oxygen atoms in total. The van der Waals surface area contributed by atoms with Gasteiger partial charge in [0.15, 0.2) is 0 Å². The predicted molar refractivity (Wildman–Crippen MR) is 156 cm³/mol. The summed E-state index contributed by atoms with van der Waals surface area (Å²) in [5.41, 5.74) is 4.90. The van der Waals surface area contributed by atoms with Crippen LogP contribution in [0.1, 0.15) is 21.6 Å². The summed E-state index contributed by atoms with van der Waals surface area (Å²) in [4.78, 5) is 22.9. The molecule has 1 fully saturated rings. The van der Waals surface area contributed by atoms with Crippen molar-refractivity contribution in [2.45, 2.75) is 13.5 Å². The highest BCUT2D eigenvalue weighted by Crippen LogP contribution is 2.36. The van der Waals surface area contributed by atoms with Gasteiger partial charge in [0.25, 0.3) is 5.91 Å². The standard InChI is InChI=1S/C31H30BrN5O/c1-22-30(31(38)35-16-14-34(2)15-17-35)28(27-9-5-7-24-6-3-4-8-26(24)27)20-37(22)29-18-33-21-36(29)19-23-10-12-25(32)13-11-23/h3-13,18,20-21H,14-17,19H2,1-2H3. The van der Waals surface area contributed by atoms with Crippen LogP contribution in [0, 0.1) is 6.92 Å². The fourth-order valence-corrected chi connectivity index (χ4v) is 5.63. The zero-order valence-electron chi connectivity index (χ0n) is 21.6. The van der Waals surface area contributed by atoms with Gasteiger partial charge in [0.2, 0.25) is 0 Å². The Morgan fingerprint density at radius 1 is 0.921 bits per heavy atom. The minimum Gasteiger partial charge on any atom is -0.336 e. The highest BCUT2D eigenvalue weighted by atomic mass is 79.9. The van der Waals surface area contributed by atoms with E-state index in [1.165, 1.54) is 5.56 Å². The van der Waals surface area contributed by atoms with Gasteiger partial charge in [0, 0.05) is 48.1 Å². The molecule has 38 heavy (non-hydrogen) atoms. The van der Waals surface area contributed by atoms with Crippen molar-refractivity contribution in [2.75, 3.05) is 33.2 Å². The zero-order chi connectivity index (χ0) is 26.2. The third-order valence-electron chi connectivity index (χ3n) is 7.54. The number of carbonyl (C=O) groups excluding carboxylic acids is 1. The van der Waals surface area contributed by atoms with E-state index in [4.69, 9.17) is 0 Å². The Morgan fingerprint density at radius 2 is 1.66 bits per heavy atom. The Kier molecular flexibility index (Phi) is 6.64. The van der Waals surface area contributed by atoms with Crippen molar-refractivity contribution in [1.29, 1.82) is 0 Å². The molecule has 1 aliphatic rings. The number of hydrogen-bond acceptors (Lipinski definition) is 3. The summed E-state index contributed by atoms with van der Waals surface area (Å²) >= 11 is 3.52. The second-order valence-electron chi connectivity index (χ2n) is 10.0. The largest absolute Gasteiger partial charge is 0.336 e. The van der Waals surface area contributed by atoms with E-state index >= 15 is 0 Å². The van der Waals surface area contributed by atoms with Crippen molar-refractivity contribution in [1.82, 2.24) is 23.9 Å². The number of nitrogens with zero attached hydrogens (tertiary/aromatic N) is 5. The van der Waals surface area contributed by atoms with Crippen LogP contribution in [0.2, 0.25) is 0 Å². The third-order valence-corrected chi connectivity index (χ3v) is 8.07. The van der Waals surface area contributed by atoms with Crippen LogP contribution in [-0.4, -0.2) is 63.1 Å². The van der Waals surface area contributed by atoms with Gasteiger partial charge in [-0.15, -0.1) is 0 Å². The van der Waals surface area contributed by atoms with Gasteiger partial charge in [-0.1, -0.05) is 70.5 Å². The molecule has 0 spiro atoms. The van der Waals surface area contributed by atoms with Crippen LogP contribution in [0.25, 0.3) is 27.7 Å². The molecule has 1 amide bonds. The predicted octanol–water partition coefficient (Wildman–Crippen LogP) is 6.00. The maximum Gasteiger partial charge on any atom is 0.256 e. The summed E-state index contributed by atoms with van der Waals surface area (Å²) in [7, 11) is 2.11. The zero-order valence-corrected chi connectivity index (χ0v) is 23.2. The number of halogens is 1. The first kappa shape index (κ1) is 24.6. The van der Waals surface area contributed by atoms with Crippen LogP contribution in [0.5, 0.6) is 0 Å². The number of hydrogen-bond donors (Lipinski definition) is 0.